The van der Waals surface area contributed by atoms with Gasteiger partial charge in [0.2, 0.25) is 0 Å². The summed E-state index contributed by atoms with van der Waals surface area (Å²) in [4.78, 5) is 36.9. The molecule has 0 fully saturated rings. The second-order valence-corrected chi connectivity index (χ2v) is 8.05. The molecule has 9 nitrogen and oxygen atoms in total. The van der Waals surface area contributed by atoms with E-state index < -0.39 is 60.4 Å². The maximum Gasteiger partial charge on any atom is 0.389 e. The van der Waals surface area contributed by atoms with Crippen molar-refractivity contribution in [1.29, 1.82) is 0 Å². The smallest absolute Gasteiger partial charge is 0.389 e. The Kier molecular flexibility index (Phi) is 8.51. The van der Waals surface area contributed by atoms with Gasteiger partial charge in [-0.15, -0.1) is 5.10 Å². The van der Waals surface area contributed by atoms with Crippen LogP contribution in [0.4, 0.5) is 13.2 Å². The maximum absolute atomic E-state index is 12.7. The Morgan fingerprint density at radius 3 is 2.50 bits per heavy atom. The van der Waals surface area contributed by atoms with Crippen molar-refractivity contribution in [3.8, 4) is 11.6 Å². The molecule has 0 saturated heterocycles. The molecule has 1 unspecified atom stereocenters. The minimum atomic E-state index is -4.40. The van der Waals surface area contributed by atoms with Gasteiger partial charge in [-0.05, 0) is 51.8 Å². The summed E-state index contributed by atoms with van der Waals surface area (Å²) >= 11 is 0. The number of nitrogens with zero attached hydrogens (tertiary/aromatic N) is 3. The van der Waals surface area contributed by atoms with Crippen molar-refractivity contribution >= 4 is 5.97 Å². The third kappa shape index (κ3) is 7.09. The van der Waals surface area contributed by atoms with Crippen LogP contribution < -0.4 is 20.7 Å². The Labute approximate surface area is 194 Å². The summed E-state index contributed by atoms with van der Waals surface area (Å²) in [6.07, 6.45) is -6.71. The number of aryl methyl sites for hydroxylation is 1. The monoisotopic (exact) mass is 487 g/mol. The molecule has 0 aliphatic rings. The molecule has 0 spiro atoms. The van der Waals surface area contributed by atoms with Gasteiger partial charge >= 0.3 is 23.4 Å². The number of hydrogen-bond donors (Lipinski definition) is 0. The van der Waals surface area contributed by atoms with E-state index in [1.165, 1.54) is 7.05 Å². The fraction of sp³-hybridized carbons (Fsp3) is 0.545. The first-order valence-corrected chi connectivity index (χ1v) is 10.6. The third-order valence-corrected chi connectivity index (χ3v) is 4.77. The molecule has 0 radical (unpaired) electrons. The fourth-order valence-electron chi connectivity index (χ4n) is 3.02. The Bertz CT molecular complexity index is 1120. The van der Waals surface area contributed by atoms with E-state index >= 15 is 0 Å². The van der Waals surface area contributed by atoms with E-state index in [-0.39, 0.29) is 6.61 Å². The quantitative estimate of drug-likeness (QED) is 0.475. The molecule has 2 rings (SSSR count). The number of hydrogen-bond acceptors (Lipinski definition) is 7. The molecular formula is C22H28F3N3O6. The van der Waals surface area contributed by atoms with E-state index in [1.54, 1.807) is 52.0 Å². The van der Waals surface area contributed by atoms with Crippen LogP contribution in [0.5, 0.6) is 11.6 Å². The first-order chi connectivity index (χ1) is 15.7. The SMILES string of the molecule is CCOC(=O)C(C)(C)Oc1cccc(C(C)Oc2nn(C)c(=O)n(CCCC(F)(F)F)c2=O)c1. The highest BCUT2D eigenvalue weighted by Gasteiger charge is 2.32. The molecule has 1 heterocycles. The Hall–Kier alpha value is -3.31. The minimum absolute atomic E-state index is 0.205. The lowest BCUT2D eigenvalue weighted by Gasteiger charge is -2.24. The van der Waals surface area contributed by atoms with Crippen LogP contribution in [0.3, 0.4) is 0 Å². The molecule has 0 aliphatic carbocycles. The Balaban J connectivity index is 2.23. The van der Waals surface area contributed by atoms with Crippen molar-refractivity contribution in [2.75, 3.05) is 6.61 Å². The normalized spacial score (nSPS) is 12.8. The Morgan fingerprint density at radius 1 is 1.21 bits per heavy atom. The fourth-order valence-corrected chi connectivity index (χ4v) is 3.02. The summed E-state index contributed by atoms with van der Waals surface area (Å²) < 4.78 is 55.3. The predicted octanol–water partition coefficient (Wildman–Crippen LogP) is 3.15. The first kappa shape index (κ1) is 26.9. The standard InChI is InChI=1S/C22H28F3N3O6/c1-6-32-19(30)21(3,4)34-16-10-7-9-15(13-16)14(2)33-17-18(29)28(20(31)27(5)26-17)12-8-11-22(23,24)25/h7,9-10,13-14H,6,8,11-12H2,1-5H3. The van der Waals surface area contributed by atoms with Gasteiger partial charge in [-0.2, -0.15) is 13.2 Å². The van der Waals surface area contributed by atoms with Gasteiger partial charge in [-0.1, -0.05) is 12.1 Å². The number of halogens is 3. The lowest BCUT2D eigenvalue weighted by Crippen LogP contribution is -2.41. The van der Waals surface area contributed by atoms with E-state index in [1.807, 2.05) is 0 Å². The molecule has 34 heavy (non-hydrogen) atoms. The van der Waals surface area contributed by atoms with Crippen molar-refractivity contribution < 1.29 is 32.2 Å². The highest BCUT2D eigenvalue weighted by atomic mass is 19.4. The van der Waals surface area contributed by atoms with E-state index in [4.69, 9.17) is 14.2 Å². The molecular weight excluding hydrogens is 459 g/mol. The zero-order valence-corrected chi connectivity index (χ0v) is 19.6. The van der Waals surface area contributed by atoms with Crippen molar-refractivity contribution in [3.05, 3.63) is 50.7 Å². The van der Waals surface area contributed by atoms with Crippen LogP contribution in [-0.2, 0) is 23.1 Å². The van der Waals surface area contributed by atoms with Crippen LogP contribution in [0.1, 0.15) is 52.2 Å². The topological polar surface area (TPSA) is 102 Å². The predicted molar refractivity (Wildman–Crippen MR) is 116 cm³/mol. The van der Waals surface area contributed by atoms with Crippen molar-refractivity contribution in [1.82, 2.24) is 14.3 Å². The van der Waals surface area contributed by atoms with Gasteiger partial charge in [-0.3, -0.25) is 9.36 Å². The summed E-state index contributed by atoms with van der Waals surface area (Å²) in [7, 11) is 1.27. The highest BCUT2D eigenvalue weighted by Crippen LogP contribution is 2.26. The molecule has 0 amide bonds. The summed E-state index contributed by atoms with van der Waals surface area (Å²) in [6, 6.07) is 6.60. The van der Waals surface area contributed by atoms with Crippen molar-refractivity contribution in [2.45, 2.75) is 65.0 Å². The lowest BCUT2D eigenvalue weighted by atomic mass is 10.1. The zero-order chi connectivity index (χ0) is 25.7. The van der Waals surface area contributed by atoms with Crippen LogP contribution in [0.15, 0.2) is 33.9 Å². The number of ether oxygens (including phenoxy) is 3. The van der Waals surface area contributed by atoms with Crippen LogP contribution in [0.2, 0.25) is 0 Å². The molecule has 188 valence electrons. The molecule has 0 saturated carbocycles. The molecule has 1 atom stereocenters. The number of esters is 1. The second-order valence-electron chi connectivity index (χ2n) is 8.05. The van der Waals surface area contributed by atoms with Gasteiger partial charge in [0.25, 0.3) is 5.88 Å². The second kappa shape index (κ2) is 10.7. The minimum Gasteiger partial charge on any atom is -0.476 e. The maximum atomic E-state index is 12.7. The highest BCUT2D eigenvalue weighted by molar-refractivity contribution is 5.79. The average Bonchev–Trinajstić information content (AvgIpc) is 2.73. The average molecular weight is 487 g/mol. The molecule has 1 aromatic carbocycles. The van der Waals surface area contributed by atoms with Crippen LogP contribution in [0, 0.1) is 0 Å². The molecule has 0 bridgehead atoms. The molecule has 12 heteroatoms. The molecule has 2 aromatic rings. The van der Waals surface area contributed by atoms with Gasteiger partial charge in [0.1, 0.15) is 11.9 Å². The molecule has 0 N–H and O–H groups in total. The first-order valence-electron chi connectivity index (χ1n) is 10.6. The number of carbonyl (C=O) groups is 1. The lowest BCUT2D eigenvalue weighted by molar-refractivity contribution is -0.158. The summed E-state index contributed by atoms with van der Waals surface area (Å²) in [5.74, 6) is -0.617. The Morgan fingerprint density at radius 2 is 1.88 bits per heavy atom. The summed E-state index contributed by atoms with van der Waals surface area (Å²) in [5, 5.41) is 3.81. The van der Waals surface area contributed by atoms with E-state index in [9.17, 15) is 27.6 Å². The number of carbonyl (C=O) groups excluding carboxylic acids is 1. The van der Waals surface area contributed by atoms with E-state index in [0.717, 1.165) is 4.68 Å². The van der Waals surface area contributed by atoms with Crippen LogP contribution in [0.25, 0.3) is 0 Å². The number of alkyl halides is 3. The van der Waals surface area contributed by atoms with Gasteiger partial charge in [0, 0.05) is 20.0 Å². The summed E-state index contributed by atoms with van der Waals surface area (Å²) in [5.41, 5.74) is -2.45. The van der Waals surface area contributed by atoms with Gasteiger partial charge in [-0.25, -0.2) is 14.3 Å². The van der Waals surface area contributed by atoms with Crippen LogP contribution >= 0.6 is 0 Å². The number of benzene rings is 1. The molecule has 1 aromatic heterocycles. The zero-order valence-electron chi connectivity index (χ0n) is 19.6. The summed E-state index contributed by atoms with van der Waals surface area (Å²) in [6.45, 7) is 6.21. The van der Waals surface area contributed by atoms with E-state index in [0.29, 0.717) is 15.9 Å². The third-order valence-electron chi connectivity index (χ3n) is 4.77. The van der Waals surface area contributed by atoms with Crippen molar-refractivity contribution in [3.63, 3.8) is 0 Å². The van der Waals surface area contributed by atoms with Crippen LogP contribution in [-0.4, -0.2) is 38.7 Å². The number of aromatic nitrogens is 3. The molecule has 0 aliphatic heterocycles. The van der Waals surface area contributed by atoms with Gasteiger partial charge in [0.05, 0.1) is 6.61 Å². The largest absolute Gasteiger partial charge is 0.476 e. The van der Waals surface area contributed by atoms with Gasteiger partial charge < -0.3 is 14.2 Å². The van der Waals surface area contributed by atoms with Gasteiger partial charge in [0.15, 0.2) is 5.60 Å². The van der Waals surface area contributed by atoms with E-state index in [2.05, 4.69) is 5.10 Å². The number of rotatable bonds is 10. The van der Waals surface area contributed by atoms with Crippen molar-refractivity contribution in [2.24, 2.45) is 7.05 Å².